The number of aliphatic hydroxyl groups is 1. The number of nitrogens with zero attached hydrogens (tertiary/aromatic N) is 1. The summed E-state index contributed by atoms with van der Waals surface area (Å²) in [6.45, 7) is 6.59. The number of benzene rings is 1. The summed E-state index contributed by atoms with van der Waals surface area (Å²) >= 11 is 6.90. The van der Waals surface area contributed by atoms with Gasteiger partial charge in [-0.25, -0.2) is 4.98 Å². The number of aryl methyl sites for hydroxylation is 2. The average Bonchev–Trinajstić information content (AvgIpc) is 2.86. The molecule has 0 fully saturated rings. The van der Waals surface area contributed by atoms with Gasteiger partial charge in [0.05, 0.1) is 11.3 Å². The Balaban J connectivity index is 2.71. The number of hydrogen-bond acceptors (Lipinski definition) is 5. The molecule has 1 aromatic heterocycles. The lowest BCUT2D eigenvalue weighted by molar-refractivity contribution is -0.130. The molecule has 0 spiro atoms. The van der Waals surface area contributed by atoms with Crippen LogP contribution in [0.1, 0.15) is 35.0 Å². The Morgan fingerprint density at radius 1 is 1.17 bits per heavy atom. The summed E-state index contributed by atoms with van der Waals surface area (Å²) in [6.07, 6.45) is 0. The highest BCUT2D eigenvalue weighted by atomic mass is 35.5. The first-order valence-corrected chi connectivity index (χ1v) is 8.53. The number of aromatic nitrogens is 1. The molecule has 0 saturated carbocycles. The summed E-state index contributed by atoms with van der Waals surface area (Å²) in [6, 6.07) is 8.69. The van der Waals surface area contributed by atoms with E-state index in [1.165, 1.54) is 25.2 Å². The third-order valence-corrected chi connectivity index (χ3v) is 5.38. The summed E-state index contributed by atoms with van der Waals surface area (Å²) in [5.74, 6) is -0.766. The molecule has 0 aliphatic carbocycles. The molecule has 0 amide bonds. The van der Waals surface area contributed by atoms with E-state index in [4.69, 9.17) is 11.6 Å². The Morgan fingerprint density at radius 3 is 2.21 bits per heavy atom. The first-order chi connectivity index (χ1) is 11.2. The van der Waals surface area contributed by atoms with Crippen molar-refractivity contribution in [2.75, 3.05) is 0 Å². The van der Waals surface area contributed by atoms with E-state index in [0.29, 0.717) is 10.6 Å². The van der Waals surface area contributed by atoms with Crippen molar-refractivity contribution >= 4 is 45.3 Å². The number of ketones is 1. The molecule has 1 aromatic carbocycles. The third-order valence-electron chi connectivity index (χ3n) is 3.81. The lowest BCUT2D eigenvalue weighted by Crippen LogP contribution is -2.31. The molecule has 1 N–H and O–H groups in total. The highest BCUT2D eigenvalue weighted by Crippen LogP contribution is 2.36. The van der Waals surface area contributed by atoms with Crippen LogP contribution in [-0.4, -0.2) is 21.1 Å². The standard InChI is InChI=1S/C18H18ClNO3S/c1-10-11(2)24-16(20-10)13(15(22)18(3,4)17(19)23)14(21)12-8-6-5-7-9-12/h5-9,21H,1-4H3/b14-13+. The van der Waals surface area contributed by atoms with Crippen LogP contribution in [0.2, 0.25) is 0 Å². The van der Waals surface area contributed by atoms with Gasteiger partial charge in [0.25, 0.3) is 0 Å². The van der Waals surface area contributed by atoms with Gasteiger partial charge in [-0.2, -0.15) is 0 Å². The topological polar surface area (TPSA) is 67.3 Å². The molecule has 6 heteroatoms. The van der Waals surface area contributed by atoms with E-state index in [1.54, 1.807) is 24.3 Å². The van der Waals surface area contributed by atoms with E-state index in [1.807, 2.05) is 19.9 Å². The maximum Gasteiger partial charge on any atom is 0.235 e. The molecule has 126 valence electrons. The minimum Gasteiger partial charge on any atom is -0.506 e. The molecule has 2 aromatic rings. The number of hydrogen-bond donors (Lipinski definition) is 1. The molecule has 0 bridgehead atoms. The molecular weight excluding hydrogens is 346 g/mol. The van der Waals surface area contributed by atoms with Crippen molar-refractivity contribution in [3.63, 3.8) is 0 Å². The van der Waals surface area contributed by atoms with E-state index in [9.17, 15) is 14.7 Å². The number of carbonyl (C=O) groups is 2. The smallest absolute Gasteiger partial charge is 0.235 e. The highest BCUT2D eigenvalue weighted by Gasteiger charge is 2.39. The average molecular weight is 364 g/mol. The second kappa shape index (κ2) is 6.87. The van der Waals surface area contributed by atoms with Gasteiger partial charge in [-0.15, -0.1) is 11.3 Å². The number of thiazole rings is 1. The molecule has 0 aliphatic rings. The Kier molecular flexibility index (Phi) is 5.26. The molecule has 0 unspecified atom stereocenters. The van der Waals surface area contributed by atoms with Crippen LogP contribution in [-0.2, 0) is 9.59 Å². The van der Waals surface area contributed by atoms with Crippen molar-refractivity contribution in [2.24, 2.45) is 5.41 Å². The summed E-state index contributed by atoms with van der Waals surface area (Å²) in [7, 11) is 0. The number of carbonyl (C=O) groups excluding carboxylic acids is 2. The monoisotopic (exact) mass is 363 g/mol. The molecule has 4 nitrogen and oxygen atoms in total. The first-order valence-electron chi connectivity index (χ1n) is 7.34. The SMILES string of the molecule is Cc1nc(/C(C(=O)C(C)(C)C(=O)Cl)=C(/O)c2ccccc2)sc1C. The lowest BCUT2D eigenvalue weighted by Gasteiger charge is -2.20. The molecular formula is C18H18ClNO3S. The fourth-order valence-corrected chi connectivity index (χ4v) is 3.07. The molecule has 0 saturated heterocycles. The van der Waals surface area contributed by atoms with Crippen LogP contribution in [0, 0.1) is 19.3 Å². The van der Waals surface area contributed by atoms with Gasteiger partial charge in [-0.05, 0) is 39.3 Å². The first kappa shape index (κ1) is 18.4. The van der Waals surface area contributed by atoms with Gasteiger partial charge in [-0.1, -0.05) is 30.3 Å². The van der Waals surface area contributed by atoms with Gasteiger partial charge in [-0.3, -0.25) is 9.59 Å². The summed E-state index contributed by atoms with van der Waals surface area (Å²) in [5.41, 5.74) is -0.200. The molecule has 2 rings (SSSR count). The molecule has 24 heavy (non-hydrogen) atoms. The van der Waals surface area contributed by atoms with E-state index in [0.717, 1.165) is 10.6 Å². The van der Waals surface area contributed by atoms with Gasteiger partial charge in [0.1, 0.15) is 16.2 Å². The Labute approximate surface area is 149 Å². The zero-order valence-electron chi connectivity index (χ0n) is 13.9. The van der Waals surface area contributed by atoms with Crippen LogP contribution in [0.15, 0.2) is 30.3 Å². The Morgan fingerprint density at radius 2 is 1.75 bits per heavy atom. The molecule has 1 heterocycles. The number of halogens is 1. The van der Waals surface area contributed by atoms with E-state index in [2.05, 4.69) is 4.98 Å². The van der Waals surface area contributed by atoms with Crippen molar-refractivity contribution in [3.8, 4) is 0 Å². The molecule has 0 radical (unpaired) electrons. The highest BCUT2D eigenvalue weighted by molar-refractivity contribution is 7.13. The van der Waals surface area contributed by atoms with Crippen molar-refractivity contribution in [2.45, 2.75) is 27.7 Å². The van der Waals surface area contributed by atoms with Crippen LogP contribution >= 0.6 is 22.9 Å². The van der Waals surface area contributed by atoms with Gasteiger partial charge in [0.15, 0.2) is 5.78 Å². The largest absolute Gasteiger partial charge is 0.506 e. The fraction of sp³-hybridized carbons (Fsp3) is 0.278. The van der Waals surface area contributed by atoms with Crippen LogP contribution in [0.4, 0.5) is 0 Å². The predicted octanol–water partition coefficient (Wildman–Crippen LogP) is 4.55. The third kappa shape index (κ3) is 3.42. The van der Waals surface area contributed by atoms with Crippen molar-refractivity contribution in [3.05, 3.63) is 51.5 Å². The molecule has 0 atom stereocenters. The second-order valence-electron chi connectivity index (χ2n) is 5.98. The normalized spacial score (nSPS) is 12.7. The van der Waals surface area contributed by atoms with E-state index >= 15 is 0 Å². The number of Topliss-reactive ketones (excluding diaryl/α,β-unsaturated/α-hetero) is 1. The Bertz CT molecular complexity index is 803. The van der Waals surface area contributed by atoms with E-state index < -0.39 is 16.4 Å². The zero-order valence-corrected chi connectivity index (χ0v) is 15.5. The number of aliphatic hydroxyl groups excluding tert-OH is 1. The van der Waals surface area contributed by atoms with E-state index in [-0.39, 0.29) is 11.3 Å². The van der Waals surface area contributed by atoms with Crippen LogP contribution in [0.5, 0.6) is 0 Å². The lowest BCUT2D eigenvalue weighted by atomic mass is 9.84. The van der Waals surface area contributed by atoms with Crippen LogP contribution in [0.25, 0.3) is 11.3 Å². The maximum absolute atomic E-state index is 13.0. The van der Waals surface area contributed by atoms with Crippen molar-refractivity contribution in [1.29, 1.82) is 0 Å². The van der Waals surface area contributed by atoms with Gasteiger partial charge in [0.2, 0.25) is 5.24 Å². The second-order valence-corrected chi connectivity index (χ2v) is 7.52. The van der Waals surface area contributed by atoms with Gasteiger partial charge >= 0.3 is 0 Å². The minimum atomic E-state index is -1.47. The Hall–Kier alpha value is -1.98. The number of allylic oxidation sites excluding steroid dienone is 1. The van der Waals surface area contributed by atoms with Gasteiger partial charge < -0.3 is 5.11 Å². The summed E-state index contributed by atoms with van der Waals surface area (Å²) in [4.78, 5) is 30.0. The number of rotatable bonds is 5. The fourth-order valence-electron chi connectivity index (χ4n) is 2.03. The van der Waals surface area contributed by atoms with Crippen LogP contribution < -0.4 is 0 Å². The quantitative estimate of drug-likeness (QED) is 0.366. The minimum absolute atomic E-state index is 0.0152. The van der Waals surface area contributed by atoms with Crippen molar-refractivity contribution < 1.29 is 14.7 Å². The van der Waals surface area contributed by atoms with Gasteiger partial charge in [0, 0.05) is 10.4 Å². The zero-order chi connectivity index (χ0) is 18.1. The summed E-state index contributed by atoms with van der Waals surface area (Å²) in [5, 5.41) is 10.3. The van der Waals surface area contributed by atoms with Crippen molar-refractivity contribution in [1.82, 2.24) is 4.98 Å². The summed E-state index contributed by atoms with van der Waals surface area (Å²) < 4.78 is 0. The molecule has 0 aliphatic heterocycles. The predicted molar refractivity (Wildman–Crippen MR) is 97.1 cm³/mol. The maximum atomic E-state index is 13.0. The van der Waals surface area contributed by atoms with Crippen LogP contribution in [0.3, 0.4) is 0 Å².